The average Bonchev–Trinajstić information content (AvgIpc) is 2.84. The third-order valence-corrected chi connectivity index (χ3v) is 5.16. The number of hydrogen-bond acceptors (Lipinski definition) is 3. The molecule has 0 bridgehead atoms. The smallest absolute Gasteiger partial charge is 0.251 e. The summed E-state index contributed by atoms with van der Waals surface area (Å²) in [6.07, 6.45) is 2.58. The van der Waals surface area contributed by atoms with Crippen LogP contribution in [0.3, 0.4) is 0 Å². The molecule has 0 aliphatic carbocycles. The first-order valence-corrected chi connectivity index (χ1v) is 11.2. The summed E-state index contributed by atoms with van der Waals surface area (Å²) in [5.74, 6) is 0.668. The van der Waals surface area contributed by atoms with E-state index in [0.717, 1.165) is 35.6 Å². The highest BCUT2D eigenvalue weighted by Crippen LogP contribution is 2.08. The van der Waals surface area contributed by atoms with E-state index in [-0.39, 0.29) is 35.4 Å². The number of carbonyl (C=O) groups excluding carboxylic acids is 1. The lowest BCUT2D eigenvalue weighted by Gasteiger charge is -2.12. The molecule has 7 nitrogen and oxygen atoms in total. The standard InChI is InChI=1S/C26H31N5O2.HI/c1-3-28-26(29-15-14-20-7-6-8-23(17-20)25(33)27-2)30-18-21-10-12-22(13-11-21)19-31-16-5-4-9-24(31)32;/h4-13,16-17H,3,14-15,18-19H2,1-2H3,(H,27,33)(H2,28,29,30);1H. The van der Waals surface area contributed by atoms with Crippen molar-refractivity contribution in [1.29, 1.82) is 0 Å². The van der Waals surface area contributed by atoms with Gasteiger partial charge in [-0.05, 0) is 48.2 Å². The van der Waals surface area contributed by atoms with Crippen molar-refractivity contribution in [3.05, 3.63) is 106 Å². The molecular weight excluding hydrogens is 541 g/mol. The molecule has 0 saturated carbocycles. The summed E-state index contributed by atoms with van der Waals surface area (Å²) in [5.41, 5.74) is 3.91. The highest BCUT2D eigenvalue weighted by Gasteiger charge is 2.04. The fraction of sp³-hybridized carbons (Fsp3) is 0.269. The van der Waals surface area contributed by atoms with Gasteiger partial charge in [0, 0.05) is 38.0 Å². The second kappa shape index (κ2) is 14.2. The molecule has 8 heteroatoms. The lowest BCUT2D eigenvalue weighted by molar-refractivity contribution is 0.0963. The largest absolute Gasteiger partial charge is 0.357 e. The van der Waals surface area contributed by atoms with Crippen LogP contribution in [0.15, 0.2) is 82.7 Å². The van der Waals surface area contributed by atoms with E-state index in [2.05, 4.69) is 20.9 Å². The molecule has 0 aliphatic rings. The van der Waals surface area contributed by atoms with Crippen LogP contribution in [0.1, 0.15) is 34.0 Å². The third-order valence-electron chi connectivity index (χ3n) is 5.16. The van der Waals surface area contributed by atoms with E-state index >= 15 is 0 Å². The number of aliphatic imine (C=N–C) groups is 1. The second-order valence-corrected chi connectivity index (χ2v) is 7.63. The Balaban J connectivity index is 0.00000408. The summed E-state index contributed by atoms with van der Waals surface area (Å²) in [6, 6.07) is 21.0. The van der Waals surface area contributed by atoms with Gasteiger partial charge in [-0.1, -0.05) is 42.5 Å². The van der Waals surface area contributed by atoms with Crippen LogP contribution in [-0.4, -0.2) is 36.6 Å². The zero-order valence-electron chi connectivity index (χ0n) is 19.6. The van der Waals surface area contributed by atoms with Crippen LogP contribution in [0.2, 0.25) is 0 Å². The van der Waals surface area contributed by atoms with Crippen molar-refractivity contribution in [2.45, 2.75) is 26.4 Å². The predicted molar refractivity (Wildman–Crippen MR) is 148 cm³/mol. The summed E-state index contributed by atoms with van der Waals surface area (Å²) in [7, 11) is 1.63. The van der Waals surface area contributed by atoms with E-state index in [0.29, 0.717) is 25.2 Å². The number of halogens is 1. The van der Waals surface area contributed by atoms with Crippen molar-refractivity contribution in [2.75, 3.05) is 20.1 Å². The molecule has 0 aliphatic heterocycles. The van der Waals surface area contributed by atoms with Crippen molar-refractivity contribution in [3.63, 3.8) is 0 Å². The monoisotopic (exact) mass is 573 g/mol. The van der Waals surface area contributed by atoms with Gasteiger partial charge < -0.3 is 20.5 Å². The quantitative estimate of drug-likeness (QED) is 0.209. The van der Waals surface area contributed by atoms with Gasteiger partial charge in [-0.3, -0.25) is 9.59 Å². The van der Waals surface area contributed by atoms with Gasteiger partial charge in [0.25, 0.3) is 11.5 Å². The maximum atomic E-state index is 11.9. The number of rotatable bonds is 9. The minimum atomic E-state index is -0.0819. The maximum absolute atomic E-state index is 11.9. The van der Waals surface area contributed by atoms with Gasteiger partial charge in [-0.2, -0.15) is 0 Å². The lowest BCUT2D eigenvalue weighted by atomic mass is 10.1. The Morgan fingerprint density at radius 3 is 2.41 bits per heavy atom. The minimum Gasteiger partial charge on any atom is -0.357 e. The van der Waals surface area contributed by atoms with Crippen molar-refractivity contribution in [3.8, 4) is 0 Å². The van der Waals surface area contributed by atoms with Crippen LogP contribution in [0.25, 0.3) is 0 Å². The van der Waals surface area contributed by atoms with Crippen LogP contribution >= 0.6 is 24.0 Å². The molecule has 1 amide bonds. The van der Waals surface area contributed by atoms with Crippen LogP contribution in [-0.2, 0) is 19.5 Å². The van der Waals surface area contributed by atoms with E-state index in [1.165, 1.54) is 0 Å². The number of aromatic nitrogens is 1. The first kappa shape index (κ1) is 27.1. The molecule has 2 aromatic carbocycles. The second-order valence-electron chi connectivity index (χ2n) is 7.63. The Morgan fingerprint density at radius 1 is 0.941 bits per heavy atom. The molecule has 34 heavy (non-hydrogen) atoms. The number of amides is 1. The number of nitrogens with zero attached hydrogens (tertiary/aromatic N) is 2. The van der Waals surface area contributed by atoms with Gasteiger partial charge in [0.15, 0.2) is 5.96 Å². The number of pyridine rings is 1. The highest BCUT2D eigenvalue weighted by atomic mass is 127. The van der Waals surface area contributed by atoms with E-state index in [1.807, 2.05) is 61.5 Å². The van der Waals surface area contributed by atoms with Crippen LogP contribution in [0, 0.1) is 0 Å². The topological polar surface area (TPSA) is 87.5 Å². The molecule has 0 saturated heterocycles. The lowest BCUT2D eigenvalue weighted by Crippen LogP contribution is -2.38. The number of carbonyl (C=O) groups is 1. The van der Waals surface area contributed by atoms with Crippen molar-refractivity contribution in [1.82, 2.24) is 20.5 Å². The molecule has 0 spiro atoms. The third kappa shape index (κ3) is 8.33. The first-order chi connectivity index (χ1) is 16.1. The van der Waals surface area contributed by atoms with Gasteiger partial charge in [0.1, 0.15) is 0 Å². The van der Waals surface area contributed by atoms with Gasteiger partial charge in [0.05, 0.1) is 13.1 Å². The normalized spacial score (nSPS) is 10.8. The number of benzene rings is 2. The number of nitrogens with one attached hydrogen (secondary N) is 3. The van der Waals surface area contributed by atoms with Gasteiger partial charge in [-0.15, -0.1) is 24.0 Å². The summed E-state index contributed by atoms with van der Waals surface area (Å²) in [4.78, 5) is 28.4. The average molecular weight is 573 g/mol. The molecule has 1 aromatic heterocycles. The molecule has 0 radical (unpaired) electrons. The summed E-state index contributed by atoms with van der Waals surface area (Å²) in [5, 5.41) is 9.27. The number of guanidine groups is 1. The molecular formula is C26H32IN5O2. The molecule has 0 unspecified atom stereocenters. The molecule has 1 heterocycles. The molecule has 3 N–H and O–H groups in total. The van der Waals surface area contributed by atoms with E-state index in [1.54, 1.807) is 29.9 Å². The fourth-order valence-corrected chi connectivity index (χ4v) is 3.39. The SMILES string of the molecule is CCNC(=NCc1ccc(Cn2ccccc2=O)cc1)NCCc1cccc(C(=O)NC)c1.I. The molecule has 3 aromatic rings. The van der Waals surface area contributed by atoms with Crippen molar-refractivity contribution in [2.24, 2.45) is 4.99 Å². The summed E-state index contributed by atoms with van der Waals surface area (Å²) < 4.78 is 1.69. The van der Waals surface area contributed by atoms with Crippen LogP contribution < -0.4 is 21.5 Å². The van der Waals surface area contributed by atoms with Gasteiger partial charge in [-0.25, -0.2) is 4.99 Å². The van der Waals surface area contributed by atoms with Crippen LogP contribution in [0.4, 0.5) is 0 Å². The van der Waals surface area contributed by atoms with Crippen LogP contribution in [0.5, 0.6) is 0 Å². The van der Waals surface area contributed by atoms with E-state index < -0.39 is 0 Å². The molecule has 0 atom stereocenters. The Labute approximate surface area is 217 Å². The maximum Gasteiger partial charge on any atom is 0.251 e. The number of hydrogen-bond donors (Lipinski definition) is 3. The Bertz CT molecular complexity index is 1140. The Kier molecular flexibility index (Phi) is 11.3. The Hall–Kier alpha value is -3.14. The fourth-order valence-electron chi connectivity index (χ4n) is 3.39. The summed E-state index contributed by atoms with van der Waals surface area (Å²) >= 11 is 0. The van der Waals surface area contributed by atoms with Crippen molar-refractivity contribution >= 4 is 35.8 Å². The van der Waals surface area contributed by atoms with E-state index in [9.17, 15) is 9.59 Å². The zero-order chi connectivity index (χ0) is 23.5. The van der Waals surface area contributed by atoms with Crippen molar-refractivity contribution < 1.29 is 4.79 Å². The highest BCUT2D eigenvalue weighted by molar-refractivity contribution is 14.0. The van der Waals surface area contributed by atoms with Gasteiger partial charge in [0.2, 0.25) is 0 Å². The zero-order valence-corrected chi connectivity index (χ0v) is 21.9. The predicted octanol–water partition coefficient (Wildman–Crippen LogP) is 3.17. The van der Waals surface area contributed by atoms with E-state index in [4.69, 9.17) is 0 Å². The molecule has 180 valence electrons. The first-order valence-electron chi connectivity index (χ1n) is 11.2. The molecule has 0 fully saturated rings. The van der Waals surface area contributed by atoms with Gasteiger partial charge >= 0.3 is 0 Å². The Morgan fingerprint density at radius 2 is 1.71 bits per heavy atom. The summed E-state index contributed by atoms with van der Waals surface area (Å²) in [6.45, 7) is 4.60. The minimum absolute atomic E-state index is 0. The molecule has 3 rings (SSSR count).